The lowest BCUT2D eigenvalue weighted by Crippen LogP contribution is -1.80. The van der Waals surface area contributed by atoms with Crippen molar-refractivity contribution in [2.24, 2.45) is 0 Å². The molecule has 0 aliphatic carbocycles. The van der Waals surface area contributed by atoms with Crippen LogP contribution in [-0.4, -0.2) is 20.2 Å². The summed E-state index contributed by atoms with van der Waals surface area (Å²) in [5, 5.41) is 6.52. The molecule has 0 aliphatic heterocycles. The quantitative estimate of drug-likeness (QED) is 0.794. The van der Waals surface area contributed by atoms with Crippen LogP contribution in [0.1, 0.15) is 0 Å². The zero-order valence-electron chi connectivity index (χ0n) is 6.54. The summed E-state index contributed by atoms with van der Waals surface area (Å²) < 4.78 is 0. The minimum atomic E-state index is 0. The van der Waals surface area contributed by atoms with Crippen LogP contribution in [0, 0.1) is 0 Å². The third-order valence-corrected chi connectivity index (χ3v) is 1.36. The molecular weight excluding hydrogens is 211 g/mol. The van der Waals surface area contributed by atoms with Gasteiger partial charge in [0.2, 0.25) is 0 Å². The zero-order valence-corrected chi connectivity index (χ0v) is 8.18. The average molecular weight is 219 g/mol. The maximum Gasteiger partial charge on any atom is 0.0916 e. The molecule has 4 nitrogen and oxygen atoms in total. The van der Waals surface area contributed by atoms with E-state index in [0.717, 1.165) is 11.3 Å². The molecular formula is C7H8Cl2N4. The van der Waals surface area contributed by atoms with E-state index in [1.165, 1.54) is 0 Å². The molecule has 13 heavy (non-hydrogen) atoms. The molecule has 0 bridgehead atoms. The van der Waals surface area contributed by atoms with Crippen LogP contribution >= 0.6 is 24.8 Å². The third-order valence-electron chi connectivity index (χ3n) is 1.36. The molecule has 2 aromatic heterocycles. The lowest BCUT2D eigenvalue weighted by Gasteiger charge is -1.90. The summed E-state index contributed by atoms with van der Waals surface area (Å²) >= 11 is 0. The summed E-state index contributed by atoms with van der Waals surface area (Å²) in [5.41, 5.74) is 1.79. The average Bonchev–Trinajstić information content (AvgIpc) is 2.58. The standard InChI is InChI=1S/C7H6N4.2ClH/c1-2-9-7(5-8-1)6-3-10-11-4-6;;/h1-5H,(H,10,11);2*1H. The zero-order chi connectivity index (χ0) is 7.52. The molecule has 2 aromatic rings. The molecule has 0 radical (unpaired) electrons. The van der Waals surface area contributed by atoms with Crippen molar-refractivity contribution in [1.82, 2.24) is 20.2 Å². The van der Waals surface area contributed by atoms with Crippen LogP contribution < -0.4 is 0 Å². The van der Waals surface area contributed by atoms with Gasteiger partial charge in [-0.25, -0.2) is 0 Å². The van der Waals surface area contributed by atoms with Gasteiger partial charge in [0, 0.05) is 24.2 Å². The fourth-order valence-electron chi connectivity index (χ4n) is 0.839. The van der Waals surface area contributed by atoms with Crippen LogP contribution in [0.4, 0.5) is 0 Å². The van der Waals surface area contributed by atoms with E-state index in [1.54, 1.807) is 31.0 Å². The Morgan fingerprint density at radius 3 is 2.46 bits per heavy atom. The number of hydrogen-bond acceptors (Lipinski definition) is 3. The van der Waals surface area contributed by atoms with Crippen molar-refractivity contribution in [3.63, 3.8) is 0 Å². The van der Waals surface area contributed by atoms with Crippen molar-refractivity contribution in [3.05, 3.63) is 31.0 Å². The van der Waals surface area contributed by atoms with Gasteiger partial charge < -0.3 is 0 Å². The number of H-pyrrole nitrogens is 1. The van der Waals surface area contributed by atoms with E-state index in [0.29, 0.717) is 0 Å². The number of nitrogens with one attached hydrogen (secondary N) is 1. The van der Waals surface area contributed by atoms with Crippen molar-refractivity contribution in [1.29, 1.82) is 0 Å². The number of nitrogens with zero attached hydrogens (tertiary/aromatic N) is 3. The van der Waals surface area contributed by atoms with Gasteiger partial charge in [0.05, 0.1) is 18.1 Å². The van der Waals surface area contributed by atoms with Gasteiger partial charge in [-0.15, -0.1) is 24.8 Å². The summed E-state index contributed by atoms with van der Waals surface area (Å²) in [6, 6.07) is 0. The maximum absolute atomic E-state index is 4.10. The van der Waals surface area contributed by atoms with E-state index >= 15 is 0 Å². The lowest BCUT2D eigenvalue weighted by molar-refractivity contribution is 1.09. The molecule has 0 fully saturated rings. The highest BCUT2D eigenvalue weighted by atomic mass is 35.5. The fourth-order valence-corrected chi connectivity index (χ4v) is 0.839. The van der Waals surface area contributed by atoms with Gasteiger partial charge in [0.15, 0.2) is 0 Å². The Balaban J connectivity index is 0.000000720. The molecule has 0 amide bonds. The van der Waals surface area contributed by atoms with Crippen LogP contribution in [0.5, 0.6) is 0 Å². The first-order valence-corrected chi connectivity index (χ1v) is 3.22. The van der Waals surface area contributed by atoms with Crippen LogP contribution in [0.2, 0.25) is 0 Å². The molecule has 0 unspecified atom stereocenters. The number of aromatic nitrogens is 4. The van der Waals surface area contributed by atoms with Crippen molar-refractivity contribution >= 4 is 24.8 Å². The topological polar surface area (TPSA) is 54.5 Å². The Bertz CT molecular complexity index is 321. The third kappa shape index (κ3) is 2.68. The second-order valence-electron chi connectivity index (χ2n) is 2.08. The maximum atomic E-state index is 4.10. The summed E-state index contributed by atoms with van der Waals surface area (Å²) in [6.45, 7) is 0. The molecule has 6 heteroatoms. The van der Waals surface area contributed by atoms with Gasteiger partial charge in [-0.05, 0) is 0 Å². The van der Waals surface area contributed by atoms with Gasteiger partial charge in [-0.1, -0.05) is 0 Å². The summed E-state index contributed by atoms with van der Waals surface area (Å²) in [7, 11) is 0. The number of halogens is 2. The van der Waals surface area contributed by atoms with E-state index in [1.807, 2.05) is 0 Å². The molecule has 1 N–H and O–H groups in total. The number of rotatable bonds is 1. The first-order chi connectivity index (χ1) is 5.47. The summed E-state index contributed by atoms with van der Waals surface area (Å²) in [5.74, 6) is 0. The Morgan fingerprint density at radius 2 is 1.92 bits per heavy atom. The molecule has 0 saturated carbocycles. The summed E-state index contributed by atoms with van der Waals surface area (Å²) in [4.78, 5) is 8.04. The van der Waals surface area contributed by atoms with E-state index in [-0.39, 0.29) is 24.8 Å². The highest BCUT2D eigenvalue weighted by Gasteiger charge is 1.96. The van der Waals surface area contributed by atoms with Crippen molar-refractivity contribution in [2.75, 3.05) is 0 Å². The Labute approximate surface area is 87.6 Å². The molecule has 0 saturated heterocycles. The Morgan fingerprint density at radius 1 is 1.08 bits per heavy atom. The van der Waals surface area contributed by atoms with E-state index in [9.17, 15) is 0 Å². The molecule has 0 atom stereocenters. The van der Waals surface area contributed by atoms with Crippen LogP contribution in [0.15, 0.2) is 31.0 Å². The van der Waals surface area contributed by atoms with E-state index < -0.39 is 0 Å². The minimum Gasteiger partial charge on any atom is -0.285 e. The van der Waals surface area contributed by atoms with Gasteiger partial charge in [0.25, 0.3) is 0 Å². The smallest absolute Gasteiger partial charge is 0.0916 e. The van der Waals surface area contributed by atoms with Crippen LogP contribution in [0.3, 0.4) is 0 Å². The second-order valence-corrected chi connectivity index (χ2v) is 2.08. The van der Waals surface area contributed by atoms with E-state index in [2.05, 4.69) is 20.2 Å². The van der Waals surface area contributed by atoms with Crippen molar-refractivity contribution in [3.8, 4) is 11.3 Å². The van der Waals surface area contributed by atoms with Gasteiger partial charge in [0.1, 0.15) is 0 Å². The normalized spacial score (nSPS) is 8.31. The monoisotopic (exact) mass is 218 g/mol. The molecule has 2 heterocycles. The number of aromatic amines is 1. The van der Waals surface area contributed by atoms with Gasteiger partial charge in [-0.3, -0.25) is 15.1 Å². The lowest BCUT2D eigenvalue weighted by atomic mass is 10.3. The SMILES string of the molecule is Cl.Cl.c1cnc(-c2cn[nH]c2)cn1. The second kappa shape index (κ2) is 5.50. The van der Waals surface area contributed by atoms with Gasteiger partial charge >= 0.3 is 0 Å². The summed E-state index contributed by atoms with van der Waals surface area (Å²) in [6.07, 6.45) is 8.49. The largest absolute Gasteiger partial charge is 0.285 e. The molecule has 0 spiro atoms. The molecule has 0 aliphatic rings. The Kier molecular flexibility index (Phi) is 5.03. The highest BCUT2D eigenvalue weighted by Crippen LogP contribution is 2.10. The minimum absolute atomic E-state index is 0. The molecule has 0 aromatic carbocycles. The fraction of sp³-hybridized carbons (Fsp3) is 0. The van der Waals surface area contributed by atoms with E-state index in [4.69, 9.17) is 0 Å². The first-order valence-electron chi connectivity index (χ1n) is 3.22. The Hall–Kier alpha value is -1.13. The first kappa shape index (κ1) is 11.9. The highest BCUT2D eigenvalue weighted by molar-refractivity contribution is 5.85. The van der Waals surface area contributed by atoms with Crippen LogP contribution in [-0.2, 0) is 0 Å². The predicted molar refractivity (Wildman–Crippen MR) is 54.1 cm³/mol. The molecule has 70 valence electrons. The van der Waals surface area contributed by atoms with Gasteiger partial charge in [-0.2, -0.15) is 5.10 Å². The van der Waals surface area contributed by atoms with Crippen LogP contribution in [0.25, 0.3) is 11.3 Å². The van der Waals surface area contributed by atoms with Crippen molar-refractivity contribution in [2.45, 2.75) is 0 Å². The predicted octanol–water partition coefficient (Wildman–Crippen LogP) is 1.71. The van der Waals surface area contributed by atoms with Crippen molar-refractivity contribution < 1.29 is 0 Å². The number of hydrogen-bond donors (Lipinski definition) is 1. The molecule has 2 rings (SSSR count).